The number of halogens is 1. The van der Waals surface area contributed by atoms with Crippen LogP contribution in [0.1, 0.15) is 18.1 Å². The number of nitrogens with one attached hydrogen (secondary N) is 1. The summed E-state index contributed by atoms with van der Waals surface area (Å²) in [5.41, 5.74) is 1.88. The fourth-order valence-electron chi connectivity index (χ4n) is 1.64. The summed E-state index contributed by atoms with van der Waals surface area (Å²) in [5.74, 6) is 0. The third-order valence-corrected chi connectivity index (χ3v) is 6.07. The number of sulfonamides is 1. The molecule has 0 aliphatic rings. The minimum Gasteiger partial charge on any atom is -0.316 e. The van der Waals surface area contributed by atoms with Crippen molar-refractivity contribution in [1.29, 1.82) is 0 Å². The predicted molar refractivity (Wildman–Crippen MR) is 77.1 cm³/mol. The second-order valence-electron chi connectivity index (χ2n) is 4.17. The molecule has 1 N–H and O–H groups in total. The van der Waals surface area contributed by atoms with Crippen LogP contribution in [0.25, 0.3) is 0 Å². The predicted octanol–water partition coefficient (Wildman–Crippen LogP) is 2.12. The van der Waals surface area contributed by atoms with Crippen LogP contribution in [0.2, 0.25) is 0 Å². The maximum atomic E-state index is 12.4. The lowest BCUT2D eigenvalue weighted by atomic mass is 10.1. The average molecular weight is 335 g/mol. The Morgan fingerprint density at radius 2 is 2.00 bits per heavy atom. The molecule has 0 heterocycles. The van der Waals surface area contributed by atoms with Gasteiger partial charge in [-0.2, -0.15) is 0 Å². The molecular weight excluding hydrogens is 316 g/mol. The van der Waals surface area contributed by atoms with Crippen molar-refractivity contribution in [3.63, 3.8) is 0 Å². The first-order chi connectivity index (χ1) is 8.34. The molecule has 0 aliphatic carbocycles. The van der Waals surface area contributed by atoms with Crippen LogP contribution in [0.4, 0.5) is 0 Å². The Bertz CT molecular complexity index is 529. The number of benzene rings is 1. The molecule has 1 rings (SSSR count). The van der Waals surface area contributed by atoms with Gasteiger partial charge in [0.05, 0.1) is 4.90 Å². The van der Waals surface area contributed by atoms with Gasteiger partial charge >= 0.3 is 0 Å². The van der Waals surface area contributed by atoms with E-state index >= 15 is 0 Å². The van der Waals surface area contributed by atoms with Gasteiger partial charge in [0.25, 0.3) is 0 Å². The van der Waals surface area contributed by atoms with Crippen molar-refractivity contribution < 1.29 is 8.42 Å². The summed E-state index contributed by atoms with van der Waals surface area (Å²) in [6, 6.07) is 3.70. The summed E-state index contributed by atoms with van der Waals surface area (Å²) in [5, 5.41) is 3.03. The lowest BCUT2D eigenvalue weighted by molar-refractivity contribution is 0.485. The molecule has 1 aromatic rings. The van der Waals surface area contributed by atoms with Crippen molar-refractivity contribution in [1.82, 2.24) is 9.62 Å². The molecule has 18 heavy (non-hydrogen) atoms. The van der Waals surface area contributed by atoms with E-state index in [0.29, 0.717) is 22.5 Å². The van der Waals surface area contributed by atoms with Gasteiger partial charge in [-0.3, -0.25) is 0 Å². The molecule has 0 radical (unpaired) electrons. The minimum atomic E-state index is -3.42. The van der Waals surface area contributed by atoms with Gasteiger partial charge in [0.15, 0.2) is 0 Å². The fraction of sp³-hybridized carbons (Fsp3) is 0.500. The number of aryl methyl sites for hydroxylation is 1. The van der Waals surface area contributed by atoms with E-state index in [4.69, 9.17) is 0 Å². The number of nitrogens with zero attached hydrogens (tertiary/aromatic N) is 1. The molecule has 0 aromatic heterocycles. The maximum Gasteiger partial charge on any atom is 0.243 e. The highest BCUT2D eigenvalue weighted by Crippen LogP contribution is 2.29. The average Bonchev–Trinajstić information content (AvgIpc) is 2.32. The highest BCUT2D eigenvalue weighted by molar-refractivity contribution is 9.10. The summed E-state index contributed by atoms with van der Waals surface area (Å²) < 4.78 is 26.7. The quantitative estimate of drug-likeness (QED) is 0.897. The highest BCUT2D eigenvalue weighted by atomic mass is 79.9. The monoisotopic (exact) mass is 334 g/mol. The second-order valence-corrected chi connectivity index (χ2v) is 6.98. The maximum absolute atomic E-state index is 12.4. The molecule has 0 bridgehead atoms. The molecule has 0 saturated carbocycles. The summed E-state index contributed by atoms with van der Waals surface area (Å²) in [7, 11) is -0.00216. The van der Waals surface area contributed by atoms with Gasteiger partial charge in [0.2, 0.25) is 10.0 Å². The van der Waals surface area contributed by atoms with Crippen LogP contribution in [0.5, 0.6) is 0 Å². The fourth-order valence-corrected chi connectivity index (χ4v) is 3.85. The lowest BCUT2D eigenvalue weighted by Crippen LogP contribution is -2.27. The van der Waals surface area contributed by atoms with E-state index in [9.17, 15) is 8.42 Å². The van der Waals surface area contributed by atoms with Crippen LogP contribution in [-0.2, 0) is 16.6 Å². The van der Waals surface area contributed by atoms with Crippen LogP contribution in [0.3, 0.4) is 0 Å². The SMILES string of the molecule is CCN(C)S(=O)(=O)c1cc(CNC)cc(C)c1Br. The minimum absolute atomic E-state index is 0.331. The molecule has 102 valence electrons. The molecule has 4 nitrogen and oxygen atoms in total. The normalized spacial score (nSPS) is 12.1. The van der Waals surface area contributed by atoms with Gasteiger partial charge in [-0.15, -0.1) is 0 Å². The first-order valence-corrected chi connectivity index (χ1v) is 7.97. The Labute approximate surface area is 118 Å². The van der Waals surface area contributed by atoms with Crippen LogP contribution in [0, 0.1) is 6.92 Å². The largest absolute Gasteiger partial charge is 0.316 e. The molecule has 0 spiro atoms. The van der Waals surface area contributed by atoms with Crippen LogP contribution >= 0.6 is 15.9 Å². The zero-order chi connectivity index (χ0) is 13.9. The van der Waals surface area contributed by atoms with E-state index in [-0.39, 0.29) is 0 Å². The van der Waals surface area contributed by atoms with Gasteiger partial charge in [0.1, 0.15) is 0 Å². The third kappa shape index (κ3) is 3.12. The smallest absolute Gasteiger partial charge is 0.243 e. The Morgan fingerprint density at radius 1 is 1.39 bits per heavy atom. The molecule has 0 fully saturated rings. The van der Waals surface area contributed by atoms with Gasteiger partial charge in [0, 0.05) is 24.6 Å². The first kappa shape index (κ1) is 15.6. The molecule has 6 heteroatoms. The molecular formula is C12H19BrN2O2S. The van der Waals surface area contributed by atoms with Gasteiger partial charge in [-0.1, -0.05) is 13.0 Å². The Kier molecular flexibility index (Phi) is 5.33. The number of hydrogen-bond acceptors (Lipinski definition) is 3. The molecule has 0 atom stereocenters. The van der Waals surface area contributed by atoms with Crippen molar-refractivity contribution in [3.05, 3.63) is 27.7 Å². The summed E-state index contributed by atoms with van der Waals surface area (Å²) in [6.45, 7) is 4.81. The Balaban J connectivity index is 3.40. The first-order valence-electron chi connectivity index (χ1n) is 5.74. The molecule has 0 amide bonds. The van der Waals surface area contributed by atoms with Crippen molar-refractivity contribution in [2.75, 3.05) is 20.6 Å². The van der Waals surface area contributed by atoms with Gasteiger partial charge in [-0.05, 0) is 47.1 Å². The van der Waals surface area contributed by atoms with E-state index < -0.39 is 10.0 Å². The van der Waals surface area contributed by atoms with E-state index in [1.165, 1.54) is 4.31 Å². The van der Waals surface area contributed by atoms with Crippen LogP contribution in [0.15, 0.2) is 21.5 Å². The third-order valence-electron chi connectivity index (χ3n) is 2.80. The lowest BCUT2D eigenvalue weighted by Gasteiger charge is -2.18. The van der Waals surface area contributed by atoms with E-state index in [0.717, 1.165) is 11.1 Å². The molecule has 0 aliphatic heterocycles. The van der Waals surface area contributed by atoms with Crippen molar-refractivity contribution >= 4 is 26.0 Å². The second kappa shape index (κ2) is 6.14. The number of hydrogen-bond donors (Lipinski definition) is 1. The van der Waals surface area contributed by atoms with Crippen LogP contribution in [-0.4, -0.2) is 33.4 Å². The van der Waals surface area contributed by atoms with E-state index in [1.807, 2.05) is 27.0 Å². The van der Waals surface area contributed by atoms with Gasteiger partial charge < -0.3 is 5.32 Å². The van der Waals surface area contributed by atoms with E-state index in [1.54, 1.807) is 13.1 Å². The van der Waals surface area contributed by atoms with E-state index in [2.05, 4.69) is 21.2 Å². The zero-order valence-electron chi connectivity index (χ0n) is 11.1. The molecule has 0 saturated heterocycles. The summed E-state index contributed by atoms with van der Waals surface area (Å²) in [4.78, 5) is 0.331. The van der Waals surface area contributed by atoms with Gasteiger partial charge in [-0.25, -0.2) is 12.7 Å². The zero-order valence-corrected chi connectivity index (χ0v) is 13.5. The Morgan fingerprint density at radius 3 is 2.50 bits per heavy atom. The standard InChI is InChI=1S/C12H19BrN2O2S/c1-5-15(4)18(16,17)11-7-10(8-14-3)6-9(2)12(11)13/h6-7,14H,5,8H2,1-4H3. The molecule has 0 unspecified atom stereocenters. The molecule has 1 aromatic carbocycles. The van der Waals surface area contributed by atoms with Crippen LogP contribution < -0.4 is 5.32 Å². The Hall–Kier alpha value is -0.430. The summed E-state index contributed by atoms with van der Waals surface area (Å²) >= 11 is 3.37. The van der Waals surface area contributed by atoms with Crippen molar-refractivity contribution in [3.8, 4) is 0 Å². The number of rotatable bonds is 5. The summed E-state index contributed by atoms with van der Waals surface area (Å²) in [6.07, 6.45) is 0. The topological polar surface area (TPSA) is 49.4 Å². The van der Waals surface area contributed by atoms with Crippen molar-refractivity contribution in [2.24, 2.45) is 0 Å². The van der Waals surface area contributed by atoms with Crippen molar-refractivity contribution in [2.45, 2.75) is 25.3 Å². The highest BCUT2D eigenvalue weighted by Gasteiger charge is 2.23.